The topological polar surface area (TPSA) is 7.76 Å². The molecule has 0 unspecified atom stereocenters. The molecule has 0 saturated carbocycles. The molecule has 0 atom stereocenters. The maximum atomic E-state index is 2.30. The van der Waals surface area contributed by atoms with Crippen molar-refractivity contribution in [3.05, 3.63) is 121 Å². The predicted molar refractivity (Wildman–Crippen MR) is 122 cm³/mol. The van der Waals surface area contributed by atoms with Gasteiger partial charge in [0.1, 0.15) is 0 Å². The number of pyridine rings is 2. The smallest absolute Gasteiger partial charge is 0.177 e. The van der Waals surface area contributed by atoms with E-state index >= 15 is 0 Å². The fourth-order valence-corrected chi connectivity index (χ4v) is 4.59. The van der Waals surface area contributed by atoms with Crippen LogP contribution in [0.1, 0.15) is 11.1 Å². The minimum Gasteiger partial charge on any atom is -0.200 e. The van der Waals surface area contributed by atoms with Crippen molar-refractivity contribution >= 4 is 32.3 Å². The summed E-state index contributed by atoms with van der Waals surface area (Å²) in [7, 11) is 0. The van der Waals surface area contributed by atoms with E-state index in [1.54, 1.807) is 0 Å². The van der Waals surface area contributed by atoms with Crippen LogP contribution < -0.4 is 9.13 Å². The highest BCUT2D eigenvalue weighted by molar-refractivity contribution is 6.21. The van der Waals surface area contributed by atoms with Gasteiger partial charge in [-0.05, 0) is 24.3 Å². The van der Waals surface area contributed by atoms with E-state index in [-0.39, 0.29) is 0 Å². The molecular weight excluding hydrogens is 364 g/mol. The van der Waals surface area contributed by atoms with Crippen molar-refractivity contribution in [2.24, 2.45) is 0 Å². The Kier molecular flexibility index (Phi) is 3.95. The Bertz CT molecular complexity index is 1290. The number of rotatable bonds is 4. The highest BCUT2D eigenvalue weighted by atomic mass is 14.9. The summed E-state index contributed by atoms with van der Waals surface area (Å²) < 4.78 is 4.60. The van der Waals surface area contributed by atoms with Crippen molar-refractivity contribution in [3.63, 3.8) is 0 Å². The minimum atomic E-state index is 0.883. The van der Waals surface area contributed by atoms with Crippen molar-refractivity contribution in [1.29, 1.82) is 0 Å². The molecule has 2 aromatic heterocycles. The molecule has 0 amide bonds. The molecule has 6 rings (SSSR count). The fraction of sp³-hybridized carbons (Fsp3) is 0.0714. The summed E-state index contributed by atoms with van der Waals surface area (Å²) in [5, 5.41) is 7.90. The molecule has 6 aromatic rings. The maximum absolute atomic E-state index is 2.30. The van der Waals surface area contributed by atoms with Crippen molar-refractivity contribution < 1.29 is 9.13 Å². The highest BCUT2D eigenvalue weighted by Crippen LogP contribution is 2.32. The van der Waals surface area contributed by atoms with Crippen molar-refractivity contribution in [2.45, 2.75) is 13.1 Å². The van der Waals surface area contributed by atoms with E-state index in [1.165, 1.54) is 43.4 Å². The van der Waals surface area contributed by atoms with E-state index < -0.39 is 0 Å². The summed E-state index contributed by atoms with van der Waals surface area (Å²) in [5.41, 5.74) is 2.63. The van der Waals surface area contributed by atoms with Gasteiger partial charge in [-0.15, -0.1) is 0 Å². The van der Waals surface area contributed by atoms with Gasteiger partial charge in [0.25, 0.3) is 0 Å². The third kappa shape index (κ3) is 2.98. The van der Waals surface area contributed by atoms with Gasteiger partial charge in [-0.25, -0.2) is 0 Å². The lowest BCUT2D eigenvalue weighted by Crippen LogP contribution is -2.34. The Morgan fingerprint density at radius 3 is 1.07 bits per heavy atom. The largest absolute Gasteiger partial charge is 0.200 e. The van der Waals surface area contributed by atoms with Crippen LogP contribution in [0.25, 0.3) is 32.3 Å². The van der Waals surface area contributed by atoms with Crippen LogP contribution in [-0.2, 0) is 13.1 Å². The van der Waals surface area contributed by atoms with E-state index in [1.807, 2.05) is 0 Å². The molecule has 0 saturated heterocycles. The maximum Gasteiger partial charge on any atom is 0.177 e. The van der Waals surface area contributed by atoms with E-state index in [4.69, 9.17) is 0 Å². The van der Waals surface area contributed by atoms with Gasteiger partial charge in [0.2, 0.25) is 0 Å². The van der Waals surface area contributed by atoms with Gasteiger partial charge in [0, 0.05) is 43.4 Å². The number of benzene rings is 4. The lowest BCUT2D eigenvalue weighted by atomic mass is 9.97. The first-order chi connectivity index (χ1) is 14.8. The Morgan fingerprint density at radius 1 is 0.400 bits per heavy atom. The Morgan fingerprint density at radius 2 is 0.733 bits per heavy atom. The molecule has 0 fully saturated rings. The summed E-state index contributed by atoms with van der Waals surface area (Å²) >= 11 is 0. The van der Waals surface area contributed by atoms with Crippen LogP contribution in [0.3, 0.4) is 0 Å². The fourth-order valence-electron chi connectivity index (χ4n) is 4.59. The molecule has 2 heterocycles. The van der Waals surface area contributed by atoms with Gasteiger partial charge in [0.05, 0.1) is 0 Å². The SMILES string of the molecule is c1ccc(C[n+]2cc3ccc4c[n+](Cc5ccccc5)cc5ccc(c2)c3c45)cc1. The van der Waals surface area contributed by atoms with Gasteiger partial charge < -0.3 is 0 Å². The standard InChI is InChI=1S/C28H22N2/c1-3-7-21(8-4-1)15-29-17-23-11-13-25-19-30(16-22-9-5-2-6-10-22)20-26-14-12-24(18-29)27(23)28(25)26/h1-14,17-20H,15-16H2/q+2. The molecule has 0 radical (unpaired) electrons. The molecule has 0 aliphatic heterocycles. The molecule has 2 nitrogen and oxygen atoms in total. The third-order valence-corrected chi connectivity index (χ3v) is 5.93. The summed E-state index contributed by atoms with van der Waals surface area (Å²) in [6.45, 7) is 1.77. The Labute approximate surface area is 175 Å². The molecular formula is C28H22N2+2. The Balaban J connectivity index is 1.48. The number of hydrogen-bond donors (Lipinski definition) is 0. The van der Waals surface area contributed by atoms with Gasteiger partial charge in [-0.3, -0.25) is 0 Å². The molecule has 2 heteroatoms. The molecule has 0 bridgehead atoms. The number of aromatic nitrogens is 2. The van der Waals surface area contributed by atoms with Crippen LogP contribution in [0, 0.1) is 0 Å². The van der Waals surface area contributed by atoms with Gasteiger partial charge >= 0.3 is 0 Å². The first-order valence-electron chi connectivity index (χ1n) is 10.4. The van der Waals surface area contributed by atoms with Crippen LogP contribution in [-0.4, -0.2) is 0 Å². The van der Waals surface area contributed by atoms with Crippen LogP contribution in [0.2, 0.25) is 0 Å². The quantitative estimate of drug-likeness (QED) is 0.289. The average molecular weight is 386 g/mol. The van der Waals surface area contributed by atoms with Crippen LogP contribution in [0.5, 0.6) is 0 Å². The molecule has 142 valence electrons. The van der Waals surface area contributed by atoms with E-state index in [0.29, 0.717) is 0 Å². The van der Waals surface area contributed by atoms with E-state index in [0.717, 1.165) is 13.1 Å². The normalized spacial score (nSPS) is 11.6. The molecule has 30 heavy (non-hydrogen) atoms. The lowest BCUT2D eigenvalue weighted by Gasteiger charge is -2.09. The van der Waals surface area contributed by atoms with Crippen molar-refractivity contribution in [1.82, 2.24) is 0 Å². The van der Waals surface area contributed by atoms with Gasteiger partial charge in [-0.1, -0.05) is 60.7 Å². The van der Waals surface area contributed by atoms with Crippen molar-refractivity contribution in [3.8, 4) is 0 Å². The van der Waals surface area contributed by atoms with Gasteiger partial charge in [-0.2, -0.15) is 9.13 Å². The number of hydrogen-bond acceptors (Lipinski definition) is 0. The van der Waals surface area contributed by atoms with E-state index in [9.17, 15) is 0 Å². The summed E-state index contributed by atoms with van der Waals surface area (Å²) in [6.07, 6.45) is 9.11. The van der Waals surface area contributed by atoms with Crippen molar-refractivity contribution in [2.75, 3.05) is 0 Å². The zero-order valence-corrected chi connectivity index (χ0v) is 16.7. The zero-order valence-electron chi connectivity index (χ0n) is 16.7. The zero-order chi connectivity index (χ0) is 19.9. The second-order valence-electron chi connectivity index (χ2n) is 8.07. The van der Waals surface area contributed by atoms with Gasteiger partial charge in [0.15, 0.2) is 37.9 Å². The minimum absolute atomic E-state index is 0.883. The monoisotopic (exact) mass is 386 g/mol. The molecule has 0 aliphatic carbocycles. The van der Waals surface area contributed by atoms with Crippen LogP contribution >= 0.6 is 0 Å². The van der Waals surface area contributed by atoms with Crippen LogP contribution in [0.4, 0.5) is 0 Å². The van der Waals surface area contributed by atoms with E-state index in [2.05, 4.69) is 119 Å². The summed E-state index contributed by atoms with van der Waals surface area (Å²) in [5.74, 6) is 0. The summed E-state index contributed by atoms with van der Waals surface area (Å²) in [4.78, 5) is 0. The molecule has 4 aromatic carbocycles. The second-order valence-corrected chi connectivity index (χ2v) is 8.07. The Hall–Kier alpha value is -3.78. The predicted octanol–water partition coefficient (Wildman–Crippen LogP) is 5.26. The first-order valence-corrected chi connectivity index (χ1v) is 10.4. The molecule has 0 N–H and O–H groups in total. The third-order valence-electron chi connectivity index (χ3n) is 5.93. The second kappa shape index (κ2) is 6.93. The molecule has 0 aliphatic rings. The highest BCUT2D eigenvalue weighted by Gasteiger charge is 2.16. The summed E-state index contributed by atoms with van der Waals surface area (Å²) in [6, 6.07) is 30.3. The molecule has 0 spiro atoms. The first kappa shape index (κ1) is 17.1. The lowest BCUT2D eigenvalue weighted by molar-refractivity contribution is -0.686. The van der Waals surface area contributed by atoms with Crippen LogP contribution in [0.15, 0.2) is 110 Å². The number of nitrogens with zero attached hydrogens (tertiary/aromatic N) is 2. The average Bonchev–Trinajstić information content (AvgIpc) is 2.78.